The van der Waals surface area contributed by atoms with Gasteiger partial charge >= 0.3 is 0 Å². The molecule has 2 heteroatoms. The first-order valence-electron chi connectivity index (χ1n) is 5.53. The van der Waals surface area contributed by atoms with Gasteiger partial charge in [0.25, 0.3) is 0 Å². The van der Waals surface area contributed by atoms with Crippen molar-refractivity contribution in [1.29, 1.82) is 0 Å². The summed E-state index contributed by atoms with van der Waals surface area (Å²) in [5.41, 5.74) is 1.46. The zero-order chi connectivity index (χ0) is 8.94. The van der Waals surface area contributed by atoms with E-state index in [9.17, 15) is 0 Å². The van der Waals surface area contributed by atoms with Gasteiger partial charge in [-0.15, -0.1) is 0 Å². The van der Waals surface area contributed by atoms with Crippen molar-refractivity contribution in [2.24, 2.45) is 5.41 Å². The molecule has 0 amide bonds. The van der Waals surface area contributed by atoms with E-state index in [0.29, 0.717) is 5.54 Å². The molecule has 0 radical (unpaired) electrons. The summed E-state index contributed by atoms with van der Waals surface area (Å²) in [6, 6.07) is 0. The van der Waals surface area contributed by atoms with E-state index in [1.165, 1.54) is 50.9 Å². The van der Waals surface area contributed by atoms with Gasteiger partial charge < -0.3 is 0 Å². The van der Waals surface area contributed by atoms with Crippen molar-refractivity contribution >= 4 is 11.8 Å². The summed E-state index contributed by atoms with van der Waals surface area (Å²) in [7, 11) is 0. The second kappa shape index (κ2) is 2.66. The van der Waals surface area contributed by atoms with Crippen molar-refractivity contribution < 1.29 is 0 Å². The summed E-state index contributed by atoms with van der Waals surface area (Å²) in [6.45, 7) is 2.83. The maximum Gasteiger partial charge on any atom is 0.0306 e. The van der Waals surface area contributed by atoms with Crippen LogP contribution >= 0.6 is 11.8 Å². The molecule has 3 aliphatic rings. The predicted molar refractivity (Wildman–Crippen MR) is 58.2 cm³/mol. The van der Waals surface area contributed by atoms with Crippen LogP contribution < -0.4 is 0 Å². The number of hydrogen-bond donors (Lipinski definition) is 0. The molecule has 1 aliphatic carbocycles. The Kier molecular flexibility index (Phi) is 1.76. The highest BCUT2D eigenvalue weighted by molar-refractivity contribution is 7.98. The molecule has 1 nitrogen and oxygen atoms in total. The lowest BCUT2D eigenvalue weighted by atomic mass is 9.90. The maximum atomic E-state index is 2.82. The summed E-state index contributed by atoms with van der Waals surface area (Å²) < 4.78 is 0. The predicted octanol–water partition coefficient (Wildman–Crippen LogP) is 2.37. The third-order valence-corrected chi connectivity index (χ3v) is 5.17. The minimum atomic E-state index is 0.649. The summed E-state index contributed by atoms with van der Waals surface area (Å²) >= 11 is 2.05. The van der Waals surface area contributed by atoms with Crippen LogP contribution in [0.1, 0.15) is 32.1 Å². The van der Waals surface area contributed by atoms with Crippen molar-refractivity contribution in [3.05, 3.63) is 0 Å². The Morgan fingerprint density at radius 1 is 1.31 bits per heavy atom. The van der Waals surface area contributed by atoms with Gasteiger partial charge in [-0.3, -0.25) is 4.90 Å². The number of thioether (sulfide) groups is 1. The highest BCUT2D eigenvalue weighted by atomic mass is 32.2. The number of hydrogen-bond acceptors (Lipinski definition) is 2. The standard InChI is InChI=1S/C11H19NS/c1-13-9-11-3-2-6-12(11)8-10(7-11)4-5-10/h2-9H2,1H3. The molecule has 0 aromatic heterocycles. The summed E-state index contributed by atoms with van der Waals surface area (Å²) in [5.74, 6) is 1.38. The fourth-order valence-corrected chi connectivity index (χ4v) is 4.56. The van der Waals surface area contributed by atoms with Gasteiger partial charge in [0, 0.05) is 17.8 Å². The molecule has 2 heterocycles. The molecule has 0 bridgehead atoms. The molecule has 1 atom stereocenters. The van der Waals surface area contributed by atoms with Crippen molar-refractivity contribution in [2.45, 2.75) is 37.6 Å². The maximum absolute atomic E-state index is 2.82. The van der Waals surface area contributed by atoms with Crippen LogP contribution in [-0.4, -0.2) is 35.5 Å². The largest absolute Gasteiger partial charge is 0.296 e. The molecule has 0 aromatic rings. The Hall–Kier alpha value is 0.310. The lowest BCUT2D eigenvalue weighted by Gasteiger charge is -2.31. The van der Waals surface area contributed by atoms with Crippen LogP contribution in [0.2, 0.25) is 0 Å². The number of fused-ring (bicyclic) bond motifs is 1. The average molecular weight is 197 g/mol. The molecule has 2 aliphatic heterocycles. The quantitative estimate of drug-likeness (QED) is 0.668. The van der Waals surface area contributed by atoms with Gasteiger partial charge in [0.05, 0.1) is 0 Å². The zero-order valence-corrected chi connectivity index (χ0v) is 9.33. The van der Waals surface area contributed by atoms with Gasteiger partial charge in [0.2, 0.25) is 0 Å². The molecule has 0 N–H and O–H groups in total. The molecule has 1 unspecified atom stereocenters. The van der Waals surface area contributed by atoms with Crippen molar-refractivity contribution in [1.82, 2.24) is 4.90 Å². The van der Waals surface area contributed by atoms with Gasteiger partial charge in [0.1, 0.15) is 0 Å². The highest BCUT2D eigenvalue weighted by Crippen LogP contribution is 2.60. The monoisotopic (exact) mass is 197 g/mol. The topological polar surface area (TPSA) is 3.24 Å². The van der Waals surface area contributed by atoms with Gasteiger partial charge in [-0.25, -0.2) is 0 Å². The fourth-order valence-electron chi connectivity index (χ4n) is 3.59. The second-order valence-electron chi connectivity index (χ2n) is 5.36. The highest BCUT2D eigenvalue weighted by Gasteiger charge is 2.59. The Labute approximate surface area is 85.3 Å². The minimum absolute atomic E-state index is 0.649. The van der Waals surface area contributed by atoms with Crippen molar-refractivity contribution in [2.75, 3.05) is 25.1 Å². The summed E-state index contributed by atoms with van der Waals surface area (Å²) in [6.07, 6.45) is 9.79. The summed E-state index contributed by atoms with van der Waals surface area (Å²) in [4.78, 5) is 2.82. The van der Waals surface area contributed by atoms with E-state index in [1.54, 1.807) is 0 Å². The Balaban J connectivity index is 1.82. The number of rotatable bonds is 2. The molecule has 3 fully saturated rings. The first kappa shape index (κ1) is 8.60. The number of nitrogens with zero attached hydrogens (tertiary/aromatic N) is 1. The normalized spacial score (nSPS) is 41.3. The fraction of sp³-hybridized carbons (Fsp3) is 1.00. The van der Waals surface area contributed by atoms with Crippen LogP contribution in [0.3, 0.4) is 0 Å². The van der Waals surface area contributed by atoms with E-state index in [0.717, 1.165) is 5.41 Å². The van der Waals surface area contributed by atoms with E-state index >= 15 is 0 Å². The zero-order valence-electron chi connectivity index (χ0n) is 8.51. The van der Waals surface area contributed by atoms with E-state index in [4.69, 9.17) is 0 Å². The molecule has 0 aromatic carbocycles. The molecule has 3 rings (SSSR count). The van der Waals surface area contributed by atoms with E-state index in [2.05, 4.69) is 22.9 Å². The molecule has 1 saturated carbocycles. The molecule has 1 spiro atoms. The molecule has 2 saturated heterocycles. The van der Waals surface area contributed by atoms with E-state index in [-0.39, 0.29) is 0 Å². The smallest absolute Gasteiger partial charge is 0.0306 e. The lowest BCUT2D eigenvalue weighted by molar-refractivity contribution is 0.223. The lowest BCUT2D eigenvalue weighted by Crippen LogP contribution is -2.40. The third kappa shape index (κ3) is 1.18. The molecule has 13 heavy (non-hydrogen) atoms. The Morgan fingerprint density at radius 2 is 2.15 bits per heavy atom. The van der Waals surface area contributed by atoms with Gasteiger partial charge in [0.15, 0.2) is 0 Å². The van der Waals surface area contributed by atoms with Gasteiger partial charge in [-0.2, -0.15) is 11.8 Å². The SMILES string of the molecule is CSCC12CCCN1CC1(CC1)C2. The Bertz CT molecular complexity index is 224. The molecule has 74 valence electrons. The first-order valence-corrected chi connectivity index (χ1v) is 6.92. The van der Waals surface area contributed by atoms with Crippen molar-refractivity contribution in [3.8, 4) is 0 Å². The molecular weight excluding hydrogens is 178 g/mol. The first-order chi connectivity index (χ1) is 6.29. The Morgan fingerprint density at radius 3 is 2.85 bits per heavy atom. The van der Waals surface area contributed by atoms with E-state index < -0.39 is 0 Å². The van der Waals surface area contributed by atoms with Crippen LogP contribution in [0.4, 0.5) is 0 Å². The van der Waals surface area contributed by atoms with Gasteiger partial charge in [-0.1, -0.05) is 0 Å². The minimum Gasteiger partial charge on any atom is -0.296 e. The average Bonchev–Trinajstić information content (AvgIpc) is 2.60. The van der Waals surface area contributed by atoms with Crippen LogP contribution in [0, 0.1) is 5.41 Å². The summed E-state index contributed by atoms with van der Waals surface area (Å²) in [5, 5.41) is 0. The third-order valence-electron chi connectivity index (χ3n) is 4.34. The van der Waals surface area contributed by atoms with Crippen molar-refractivity contribution in [3.63, 3.8) is 0 Å². The molecular formula is C11H19NS. The van der Waals surface area contributed by atoms with Crippen LogP contribution in [-0.2, 0) is 0 Å². The van der Waals surface area contributed by atoms with Gasteiger partial charge in [-0.05, 0) is 50.3 Å². The van der Waals surface area contributed by atoms with Crippen LogP contribution in [0.25, 0.3) is 0 Å². The second-order valence-corrected chi connectivity index (χ2v) is 6.23. The van der Waals surface area contributed by atoms with Crippen LogP contribution in [0.5, 0.6) is 0 Å². The van der Waals surface area contributed by atoms with Crippen LogP contribution in [0.15, 0.2) is 0 Å². The van der Waals surface area contributed by atoms with E-state index in [1.807, 2.05) is 0 Å².